The van der Waals surface area contributed by atoms with Crippen LogP contribution >= 0.6 is 0 Å². The molecule has 1 aromatic carbocycles. The Morgan fingerprint density at radius 3 is 2.53 bits per heavy atom. The molecule has 17 heavy (non-hydrogen) atoms. The van der Waals surface area contributed by atoms with Gasteiger partial charge in [0, 0.05) is 0 Å². The Morgan fingerprint density at radius 1 is 1.29 bits per heavy atom. The molecule has 1 N–H and O–H groups in total. The van der Waals surface area contributed by atoms with Crippen LogP contribution in [0.15, 0.2) is 30.3 Å². The largest absolute Gasteiger partial charge is 0.450 e. The molecule has 0 aliphatic heterocycles. The van der Waals surface area contributed by atoms with E-state index in [0.29, 0.717) is 6.61 Å². The second-order valence-corrected chi connectivity index (χ2v) is 4.50. The first kappa shape index (κ1) is 12.0. The Labute approximate surface area is 102 Å². The summed E-state index contributed by atoms with van der Waals surface area (Å²) in [6.45, 7) is 2.24. The van der Waals surface area contributed by atoms with Crippen molar-refractivity contribution >= 4 is 6.09 Å². The van der Waals surface area contributed by atoms with Crippen LogP contribution in [0.3, 0.4) is 0 Å². The van der Waals surface area contributed by atoms with Crippen LogP contribution in [0.4, 0.5) is 4.79 Å². The van der Waals surface area contributed by atoms with Crippen LogP contribution in [0.2, 0.25) is 0 Å². The maximum Gasteiger partial charge on any atom is 0.407 e. The van der Waals surface area contributed by atoms with Gasteiger partial charge in [-0.1, -0.05) is 43.2 Å². The highest BCUT2D eigenvalue weighted by molar-refractivity contribution is 5.68. The van der Waals surface area contributed by atoms with Gasteiger partial charge in [-0.3, -0.25) is 0 Å². The molecule has 3 heteroatoms. The number of amides is 1. The van der Waals surface area contributed by atoms with E-state index in [0.717, 1.165) is 25.7 Å². The lowest BCUT2D eigenvalue weighted by atomic mass is 9.88. The molecule has 0 saturated heterocycles. The van der Waals surface area contributed by atoms with Gasteiger partial charge in [-0.15, -0.1) is 0 Å². The molecule has 0 aromatic heterocycles. The maximum absolute atomic E-state index is 11.6. The van der Waals surface area contributed by atoms with Crippen molar-refractivity contribution in [1.82, 2.24) is 5.32 Å². The van der Waals surface area contributed by atoms with E-state index in [1.54, 1.807) is 0 Å². The van der Waals surface area contributed by atoms with Gasteiger partial charge in [0.1, 0.15) is 0 Å². The minimum atomic E-state index is -0.307. The van der Waals surface area contributed by atoms with E-state index in [9.17, 15) is 4.79 Å². The van der Waals surface area contributed by atoms with E-state index < -0.39 is 0 Å². The molecule has 0 radical (unpaired) electrons. The molecule has 3 nitrogen and oxygen atoms in total. The predicted molar refractivity (Wildman–Crippen MR) is 66.7 cm³/mol. The van der Waals surface area contributed by atoms with Crippen LogP contribution < -0.4 is 5.32 Å². The maximum atomic E-state index is 11.6. The van der Waals surface area contributed by atoms with Crippen LogP contribution in [0.25, 0.3) is 0 Å². The molecule has 92 valence electrons. The fourth-order valence-electron chi connectivity index (χ4n) is 2.58. The molecule has 1 saturated carbocycles. The predicted octanol–water partition coefficient (Wildman–Crippen LogP) is 3.20. The van der Waals surface area contributed by atoms with Gasteiger partial charge in [-0.25, -0.2) is 4.79 Å². The average Bonchev–Trinajstić information content (AvgIpc) is 2.80. The molecule has 1 fully saturated rings. The SMILES string of the molecule is CCOC(=O)NC1(c2ccccc2)CCCC1. The number of rotatable bonds is 3. The van der Waals surface area contributed by atoms with Crippen LogP contribution in [-0.2, 0) is 10.3 Å². The van der Waals surface area contributed by atoms with Gasteiger partial charge in [0.15, 0.2) is 0 Å². The molecule has 0 atom stereocenters. The van der Waals surface area contributed by atoms with Gasteiger partial charge in [0.05, 0.1) is 12.1 Å². The molecule has 0 spiro atoms. The summed E-state index contributed by atoms with van der Waals surface area (Å²) in [5, 5.41) is 3.05. The second-order valence-electron chi connectivity index (χ2n) is 4.50. The van der Waals surface area contributed by atoms with Crippen molar-refractivity contribution in [2.75, 3.05) is 6.61 Å². The quantitative estimate of drug-likeness (QED) is 0.870. The lowest BCUT2D eigenvalue weighted by molar-refractivity contribution is 0.137. The van der Waals surface area contributed by atoms with E-state index in [-0.39, 0.29) is 11.6 Å². The van der Waals surface area contributed by atoms with Gasteiger partial charge in [-0.05, 0) is 25.3 Å². The van der Waals surface area contributed by atoms with Crippen molar-refractivity contribution in [3.63, 3.8) is 0 Å². The molecular weight excluding hydrogens is 214 g/mol. The van der Waals surface area contributed by atoms with E-state index in [1.165, 1.54) is 5.56 Å². The first-order valence-electron chi connectivity index (χ1n) is 6.27. The lowest BCUT2D eigenvalue weighted by Gasteiger charge is -2.30. The van der Waals surface area contributed by atoms with Crippen LogP contribution in [0.5, 0.6) is 0 Å². The van der Waals surface area contributed by atoms with Gasteiger partial charge in [0.2, 0.25) is 0 Å². The number of hydrogen-bond acceptors (Lipinski definition) is 2. The Hall–Kier alpha value is -1.51. The van der Waals surface area contributed by atoms with Crippen LogP contribution in [0, 0.1) is 0 Å². The summed E-state index contributed by atoms with van der Waals surface area (Å²) in [6, 6.07) is 10.2. The highest BCUT2D eigenvalue weighted by atomic mass is 16.5. The molecule has 1 aromatic rings. The fourth-order valence-corrected chi connectivity index (χ4v) is 2.58. The third-order valence-corrected chi connectivity index (χ3v) is 3.40. The van der Waals surface area contributed by atoms with Crippen LogP contribution in [0.1, 0.15) is 38.2 Å². The summed E-state index contributed by atoms with van der Waals surface area (Å²) < 4.78 is 5.00. The zero-order valence-corrected chi connectivity index (χ0v) is 10.2. The summed E-state index contributed by atoms with van der Waals surface area (Å²) in [7, 11) is 0. The number of carbonyl (C=O) groups is 1. The van der Waals surface area contributed by atoms with E-state index in [4.69, 9.17) is 4.74 Å². The number of ether oxygens (including phenoxy) is 1. The van der Waals surface area contributed by atoms with Crippen LogP contribution in [-0.4, -0.2) is 12.7 Å². The molecule has 1 amide bonds. The highest BCUT2D eigenvalue weighted by Crippen LogP contribution is 2.38. The summed E-state index contributed by atoms with van der Waals surface area (Å²) in [6.07, 6.45) is 3.99. The van der Waals surface area contributed by atoms with Crippen molar-refractivity contribution in [1.29, 1.82) is 0 Å². The molecule has 0 unspecified atom stereocenters. The van der Waals surface area contributed by atoms with E-state index in [1.807, 2.05) is 25.1 Å². The number of carbonyl (C=O) groups excluding carboxylic acids is 1. The Bertz CT molecular complexity index is 369. The monoisotopic (exact) mass is 233 g/mol. The fraction of sp³-hybridized carbons (Fsp3) is 0.500. The molecule has 0 bridgehead atoms. The Morgan fingerprint density at radius 2 is 1.94 bits per heavy atom. The van der Waals surface area contributed by atoms with E-state index in [2.05, 4.69) is 17.4 Å². The summed E-state index contributed by atoms with van der Waals surface area (Å²) in [5.74, 6) is 0. The first-order valence-corrected chi connectivity index (χ1v) is 6.27. The number of hydrogen-bond donors (Lipinski definition) is 1. The second kappa shape index (κ2) is 5.21. The lowest BCUT2D eigenvalue weighted by Crippen LogP contribution is -2.44. The van der Waals surface area contributed by atoms with Crippen molar-refractivity contribution in [3.05, 3.63) is 35.9 Å². The average molecular weight is 233 g/mol. The van der Waals surface area contributed by atoms with Gasteiger partial charge >= 0.3 is 6.09 Å². The smallest absolute Gasteiger partial charge is 0.407 e. The van der Waals surface area contributed by atoms with Crippen molar-refractivity contribution in [2.45, 2.75) is 38.1 Å². The minimum absolute atomic E-state index is 0.215. The Kier molecular flexibility index (Phi) is 3.67. The molecule has 2 rings (SSSR count). The number of benzene rings is 1. The van der Waals surface area contributed by atoms with Crippen molar-refractivity contribution in [2.24, 2.45) is 0 Å². The van der Waals surface area contributed by atoms with Gasteiger partial charge in [0.25, 0.3) is 0 Å². The third kappa shape index (κ3) is 2.60. The molecule has 0 heterocycles. The third-order valence-electron chi connectivity index (χ3n) is 3.40. The molecule has 1 aliphatic rings. The summed E-state index contributed by atoms with van der Waals surface area (Å²) in [4.78, 5) is 11.6. The first-order chi connectivity index (χ1) is 8.27. The number of nitrogens with one attached hydrogen (secondary N) is 1. The topological polar surface area (TPSA) is 38.3 Å². The number of alkyl carbamates (subject to hydrolysis) is 1. The summed E-state index contributed by atoms with van der Waals surface area (Å²) in [5.41, 5.74) is 0.971. The minimum Gasteiger partial charge on any atom is -0.450 e. The Balaban J connectivity index is 2.18. The standard InChI is InChI=1S/C14H19NO2/c1-2-17-13(16)15-14(10-6-7-11-14)12-8-4-3-5-9-12/h3-5,8-9H,2,6-7,10-11H2,1H3,(H,15,16). The molecule has 1 aliphatic carbocycles. The molecular formula is C14H19NO2. The van der Waals surface area contributed by atoms with Crippen molar-refractivity contribution in [3.8, 4) is 0 Å². The van der Waals surface area contributed by atoms with Gasteiger partial charge in [-0.2, -0.15) is 0 Å². The zero-order chi connectivity index (χ0) is 12.1. The normalized spacial score (nSPS) is 17.7. The summed E-state index contributed by atoms with van der Waals surface area (Å²) >= 11 is 0. The van der Waals surface area contributed by atoms with Crippen molar-refractivity contribution < 1.29 is 9.53 Å². The highest BCUT2D eigenvalue weighted by Gasteiger charge is 2.37. The van der Waals surface area contributed by atoms with Gasteiger partial charge < -0.3 is 10.1 Å². The van der Waals surface area contributed by atoms with E-state index >= 15 is 0 Å². The zero-order valence-electron chi connectivity index (χ0n) is 10.2.